The molecule has 2 aromatic rings. The number of nitrogens with one attached hydrogen (secondary N) is 1. The van der Waals surface area contributed by atoms with E-state index in [0.717, 1.165) is 27.9 Å². The van der Waals surface area contributed by atoms with E-state index in [0.29, 0.717) is 35.0 Å². The molecule has 1 fully saturated rings. The van der Waals surface area contributed by atoms with Crippen LogP contribution in [-0.4, -0.2) is 34.9 Å². The highest BCUT2D eigenvalue weighted by atomic mass is 32.2. The second kappa shape index (κ2) is 10.3. The first-order valence-corrected chi connectivity index (χ1v) is 10.8. The summed E-state index contributed by atoms with van der Waals surface area (Å²) < 4.78 is 11.5. The lowest BCUT2D eigenvalue weighted by Gasteiger charge is -2.15. The summed E-state index contributed by atoms with van der Waals surface area (Å²) in [5.41, 5.74) is 4.66. The molecular weight excluding hydrogens is 432 g/mol. The van der Waals surface area contributed by atoms with Crippen LogP contribution in [0.5, 0.6) is 11.5 Å². The van der Waals surface area contributed by atoms with Crippen LogP contribution in [-0.2, 0) is 11.2 Å². The first-order valence-electron chi connectivity index (χ1n) is 9.57. The van der Waals surface area contributed by atoms with Crippen LogP contribution < -0.4 is 14.9 Å². The van der Waals surface area contributed by atoms with Crippen molar-refractivity contribution in [3.05, 3.63) is 76.7 Å². The Labute approximate surface area is 190 Å². The third-order valence-electron chi connectivity index (χ3n) is 4.36. The number of ether oxygens (including phenoxy) is 2. The van der Waals surface area contributed by atoms with Crippen molar-refractivity contribution >= 4 is 46.2 Å². The number of amides is 2. The summed E-state index contributed by atoms with van der Waals surface area (Å²) in [6, 6.07) is 12.4. The molecule has 6 nitrogen and oxygen atoms in total. The van der Waals surface area contributed by atoms with E-state index in [1.807, 2.05) is 25.1 Å². The van der Waals surface area contributed by atoms with Crippen LogP contribution >= 0.6 is 24.0 Å². The van der Waals surface area contributed by atoms with Crippen molar-refractivity contribution < 1.29 is 19.1 Å². The first kappa shape index (κ1) is 22.6. The molecule has 0 saturated carbocycles. The van der Waals surface area contributed by atoms with Crippen molar-refractivity contribution in [2.75, 3.05) is 13.7 Å². The maximum atomic E-state index is 12.9. The Bertz CT molecular complexity index is 1050. The van der Waals surface area contributed by atoms with E-state index in [1.54, 1.807) is 43.5 Å². The molecule has 1 heterocycles. The van der Waals surface area contributed by atoms with Gasteiger partial charge in [-0.2, -0.15) is 5.01 Å². The van der Waals surface area contributed by atoms with E-state index in [-0.39, 0.29) is 4.32 Å². The molecule has 8 heteroatoms. The van der Waals surface area contributed by atoms with Crippen LogP contribution in [0.1, 0.15) is 28.4 Å². The normalized spacial score (nSPS) is 14.6. The number of hydrogen-bond acceptors (Lipinski definition) is 6. The lowest BCUT2D eigenvalue weighted by atomic mass is 10.0. The topological polar surface area (TPSA) is 67.9 Å². The third-order valence-corrected chi connectivity index (χ3v) is 5.67. The fraction of sp³-hybridized carbons (Fsp3) is 0.174. The second-order valence-corrected chi connectivity index (χ2v) is 8.14. The van der Waals surface area contributed by atoms with Gasteiger partial charge >= 0.3 is 0 Å². The van der Waals surface area contributed by atoms with Crippen molar-refractivity contribution in [1.29, 1.82) is 0 Å². The smallest absolute Gasteiger partial charge is 0.285 e. The van der Waals surface area contributed by atoms with E-state index in [9.17, 15) is 9.59 Å². The summed E-state index contributed by atoms with van der Waals surface area (Å²) in [5.74, 6) is 0.429. The fourth-order valence-corrected chi connectivity index (χ4v) is 4.22. The lowest BCUT2D eigenvalue weighted by molar-refractivity contribution is -0.123. The molecule has 0 unspecified atom stereocenters. The van der Waals surface area contributed by atoms with E-state index in [4.69, 9.17) is 21.7 Å². The molecular formula is C23H22N2O4S2. The molecule has 0 atom stereocenters. The van der Waals surface area contributed by atoms with Crippen LogP contribution in [0.25, 0.3) is 6.08 Å². The number of benzene rings is 2. The van der Waals surface area contributed by atoms with Crippen LogP contribution in [0.4, 0.5) is 0 Å². The average Bonchev–Trinajstić information content (AvgIpc) is 3.02. The zero-order valence-corrected chi connectivity index (χ0v) is 18.8. The van der Waals surface area contributed by atoms with Gasteiger partial charge in [0.15, 0.2) is 15.8 Å². The molecule has 3 rings (SSSR count). The van der Waals surface area contributed by atoms with Gasteiger partial charge in [-0.1, -0.05) is 36.0 Å². The summed E-state index contributed by atoms with van der Waals surface area (Å²) in [4.78, 5) is 25.7. The maximum absolute atomic E-state index is 12.9. The van der Waals surface area contributed by atoms with Crippen molar-refractivity contribution in [2.24, 2.45) is 0 Å². The number of thioether (sulfide) groups is 1. The van der Waals surface area contributed by atoms with Crippen LogP contribution in [0.2, 0.25) is 0 Å². The number of methoxy groups -OCH3 is 1. The number of hydrazine groups is 1. The van der Waals surface area contributed by atoms with Gasteiger partial charge in [0.25, 0.3) is 11.8 Å². The van der Waals surface area contributed by atoms with Gasteiger partial charge in [0, 0.05) is 11.1 Å². The fourth-order valence-electron chi connectivity index (χ4n) is 3.04. The van der Waals surface area contributed by atoms with Crippen LogP contribution in [0.15, 0.2) is 60.0 Å². The zero-order chi connectivity index (χ0) is 22.4. The Hall–Kier alpha value is -3.10. The minimum atomic E-state index is -0.408. The van der Waals surface area contributed by atoms with Gasteiger partial charge in [-0.3, -0.25) is 15.0 Å². The molecule has 0 spiro atoms. The van der Waals surface area contributed by atoms with Gasteiger partial charge in [0.2, 0.25) is 0 Å². The lowest BCUT2D eigenvalue weighted by Crippen LogP contribution is -2.44. The number of allylic oxidation sites excluding steroid dienone is 1. The van der Waals surface area contributed by atoms with Crippen molar-refractivity contribution in [3.63, 3.8) is 0 Å². The minimum absolute atomic E-state index is 0.255. The van der Waals surface area contributed by atoms with Gasteiger partial charge in [0.1, 0.15) is 0 Å². The summed E-state index contributed by atoms with van der Waals surface area (Å²) in [6.45, 7) is 6.15. The van der Waals surface area contributed by atoms with Crippen molar-refractivity contribution in [3.8, 4) is 11.5 Å². The predicted octanol–water partition coefficient (Wildman–Crippen LogP) is 4.37. The minimum Gasteiger partial charge on any atom is -0.493 e. The zero-order valence-electron chi connectivity index (χ0n) is 17.2. The summed E-state index contributed by atoms with van der Waals surface area (Å²) in [6.07, 6.45) is 4.08. The van der Waals surface area contributed by atoms with Gasteiger partial charge in [0.05, 0.1) is 18.6 Å². The Balaban J connectivity index is 1.88. The monoisotopic (exact) mass is 454 g/mol. The molecule has 1 saturated heterocycles. The largest absolute Gasteiger partial charge is 0.493 e. The highest BCUT2D eigenvalue weighted by molar-refractivity contribution is 8.26. The molecule has 0 aromatic heterocycles. The Morgan fingerprint density at radius 1 is 1.29 bits per heavy atom. The summed E-state index contributed by atoms with van der Waals surface area (Å²) in [7, 11) is 1.59. The summed E-state index contributed by atoms with van der Waals surface area (Å²) in [5, 5.41) is 1.10. The van der Waals surface area contributed by atoms with E-state index in [1.165, 1.54) is 0 Å². The Kier molecular flexibility index (Phi) is 7.49. The van der Waals surface area contributed by atoms with E-state index < -0.39 is 11.8 Å². The number of carbonyl (C=O) groups is 2. The molecule has 0 aliphatic carbocycles. The molecule has 2 aromatic carbocycles. The number of nitrogens with zero attached hydrogens (tertiary/aromatic N) is 1. The van der Waals surface area contributed by atoms with Crippen LogP contribution in [0.3, 0.4) is 0 Å². The average molecular weight is 455 g/mol. The molecule has 31 heavy (non-hydrogen) atoms. The SMILES string of the molecule is C=CCc1cc(/C=C2/SC(=S)N(NC(=O)c3ccccc3)C2=O)cc(OCC)c1OC. The van der Waals surface area contributed by atoms with Gasteiger partial charge in [-0.25, -0.2) is 0 Å². The molecule has 1 N–H and O–H groups in total. The molecule has 0 radical (unpaired) electrons. The molecule has 160 valence electrons. The van der Waals surface area contributed by atoms with E-state index in [2.05, 4.69) is 12.0 Å². The van der Waals surface area contributed by atoms with Gasteiger partial charge in [-0.15, -0.1) is 6.58 Å². The first-order chi connectivity index (χ1) is 15.0. The standard InChI is InChI=1S/C23H22N2O4S2/c1-4-9-17-12-15(13-18(29-5-2)20(17)28-3)14-19-22(27)25(23(30)31-19)24-21(26)16-10-7-6-8-11-16/h4,6-8,10-14H,1,5,9H2,2-3H3,(H,24,26)/b19-14+. The highest BCUT2D eigenvalue weighted by Crippen LogP contribution is 2.36. The Morgan fingerprint density at radius 2 is 2.03 bits per heavy atom. The van der Waals surface area contributed by atoms with Gasteiger partial charge < -0.3 is 9.47 Å². The van der Waals surface area contributed by atoms with Crippen molar-refractivity contribution in [1.82, 2.24) is 10.4 Å². The number of carbonyl (C=O) groups excluding carboxylic acids is 2. The number of rotatable bonds is 8. The number of hydrogen-bond donors (Lipinski definition) is 1. The van der Waals surface area contributed by atoms with Crippen LogP contribution in [0, 0.1) is 0 Å². The molecule has 1 aliphatic heterocycles. The summed E-state index contributed by atoms with van der Waals surface area (Å²) >= 11 is 6.43. The molecule has 1 aliphatic rings. The molecule has 0 bridgehead atoms. The van der Waals surface area contributed by atoms with E-state index >= 15 is 0 Å². The molecule has 2 amide bonds. The predicted molar refractivity (Wildman–Crippen MR) is 127 cm³/mol. The highest BCUT2D eigenvalue weighted by Gasteiger charge is 2.34. The second-order valence-electron chi connectivity index (χ2n) is 6.46. The Morgan fingerprint density at radius 3 is 2.68 bits per heavy atom. The quantitative estimate of drug-likeness (QED) is 0.363. The third kappa shape index (κ3) is 5.15. The number of thiocarbonyl (C=S) groups is 1. The maximum Gasteiger partial charge on any atom is 0.285 e. The van der Waals surface area contributed by atoms with Crippen molar-refractivity contribution in [2.45, 2.75) is 13.3 Å². The van der Waals surface area contributed by atoms with Gasteiger partial charge in [-0.05, 0) is 61.5 Å².